The Bertz CT molecular complexity index is 631. The Kier molecular flexibility index (Phi) is 9.60. The molecular formula is C21H30O5S. The number of ether oxygens (including phenoxy) is 3. The van der Waals surface area contributed by atoms with Crippen molar-refractivity contribution in [1.29, 1.82) is 0 Å². The lowest BCUT2D eigenvalue weighted by Gasteiger charge is -2.20. The van der Waals surface area contributed by atoms with E-state index in [2.05, 4.69) is 40.0 Å². The van der Waals surface area contributed by atoms with Gasteiger partial charge in [0.25, 0.3) is 0 Å². The van der Waals surface area contributed by atoms with Crippen LogP contribution in [0.3, 0.4) is 0 Å². The van der Waals surface area contributed by atoms with Gasteiger partial charge in [0.2, 0.25) is 0 Å². The van der Waals surface area contributed by atoms with E-state index in [9.17, 15) is 9.59 Å². The average molecular weight is 395 g/mol. The summed E-state index contributed by atoms with van der Waals surface area (Å²) in [5.41, 5.74) is 1.85. The van der Waals surface area contributed by atoms with Gasteiger partial charge >= 0.3 is 11.9 Å². The molecule has 0 saturated heterocycles. The minimum atomic E-state index is -0.692. The van der Waals surface area contributed by atoms with Crippen molar-refractivity contribution in [2.75, 3.05) is 25.6 Å². The standard InChI is InChI=1S/C21H30O5S/c1-15(2)19(22)25-14-18(13-24-11-6-12-27)26-20(23)16-7-9-17(10-8-16)21(3,4)5/h7-10,18,27H,1,6,11-14H2,2-5H3. The summed E-state index contributed by atoms with van der Waals surface area (Å²) in [6.45, 7) is 12.0. The van der Waals surface area contributed by atoms with Crippen LogP contribution in [-0.2, 0) is 24.4 Å². The van der Waals surface area contributed by atoms with Crippen molar-refractivity contribution < 1.29 is 23.8 Å². The lowest BCUT2D eigenvalue weighted by Crippen LogP contribution is -2.30. The van der Waals surface area contributed by atoms with E-state index in [0.29, 0.717) is 17.9 Å². The molecule has 0 heterocycles. The normalized spacial score (nSPS) is 12.3. The van der Waals surface area contributed by atoms with E-state index in [1.54, 1.807) is 19.1 Å². The van der Waals surface area contributed by atoms with Gasteiger partial charge in [-0.15, -0.1) is 0 Å². The molecule has 27 heavy (non-hydrogen) atoms. The van der Waals surface area contributed by atoms with Crippen LogP contribution in [0, 0.1) is 0 Å². The van der Waals surface area contributed by atoms with Crippen LogP contribution >= 0.6 is 12.6 Å². The average Bonchev–Trinajstić information content (AvgIpc) is 2.61. The van der Waals surface area contributed by atoms with E-state index in [0.717, 1.165) is 12.0 Å². The summed E-state index contributed by atoms with van der Waals surface area (Å²) in [5.74, 6) is -0.305. The molecule has 1 unspecified atom stereocenters. The second kappa shape index (κ2) is 11.1. The first-order valence-corrected chi connectivity index (χ1v) is 9.61. The third-order valence-corrected chi connectivity index (χ3v) is 4.08. The van der Waals surface area contributed by atoms with Crippen molar-refractivity contribution in [2.45, 2.75) is 45.6 Å². The highest BCUT2D eigenvalue weighted by Gasteiger charge is 2.20. The van der Waals surface area contributed by atoms with Crippen LogP contribution in [0.25, 0.3) is 0 Å². The van der Waals surface area contributed by atoms with E-state index < -0.39 is 18.0 Å². The molecular weight excluding hydrogens is 364 g/mol. The van der Waals surface area contributed by atoms with Gasteiger partial charge in [-0.1, -0.05) is 39.5 Å². The molecule has 0 aliphatic carbocycles. The minimum absolute atomic E-state index is 0.00253. The number of benzene rings is 1. The van der Waals surface area contributed by atoms with E-state index in [1.165, 1.54) is 0 Å². The number of thiol groups is 1. The molecule has 0 bridgehead atoms. The maximum atomic E-state index is 12.4. The smallest absolute Gasteiger partial charge is 0.338 e. The summed E-state index contributed by atoms with van der Waals surface area (Å²) in [5, 5.41) is 0. The van der Waals surface area contributed by atoms with E-state index >= 15 is 0 Å². The summed E-state index contributed by atoms with van der Waals surface area (Å²) < 4.78 is 16.1. The summed E-state index contributed by atoms with van der Waals surface area (Å²) >= 11 is 4.12. The van der Waals surface area contributed by atoms with Gasteiger partial charge in [-0.3, -0.25) is 0 Å². The highest BCUT2D eigenvalue weighted by molar-refractivity contribution is 7.80. The van der Waals surface area contributed by atoms with Crippen molar-refractivity contribution in [3.63, 3.8) is 0 Å². The highest BCUT2D eigenvalue weighted by atomic mass is 32.1. The van der Waals surface area contributed by atoms with Gasteiger partial charge in [0.1, 0.15) is 6.61 Å². The lowest BCUT2D eigenvalue weighted by atomic mass is 9.87. The summed E-state index contributed by atoms with van der Waals surface area (Å²) in [4.78, 5) is 24.0. The molecule has 1 aromatic carbocycles. The zero-order chi connectivity index (χ0) is 20.4. The Balaban J connectivity index is 2.72. The molecule has 1 rings (SSSR count). The largest absolute Gasteiger partial charge is 0.458 e. The third-order valence-electron chi connectivity index (χ3n) is 3.76. The molecule has 0 aromatic heterocycles. The molecule has 0 spiro atoms. The maximum absolute atomic E-state index is 12.4. The van der Waals surface area contributed by atoms with Crippen LogP contribution in [-0.4, -0.2) is 43.6 Å². The number of carbonyl (C=O) groups excluding carboxylic acids is 2. The third kappa shape index (κ3) is 8.63. The van der Waals surface area contributed by atoms with Crippen LogP contribution < -0.4 is 0 Å². The van der Waals surface area contributed by atoms with E-state index in [-0.39, 0.29) is 24.2 Å². The van der Waals surface area contributed by atoms with Crippen LogP contribution in [0.15, 0.2) is 36.4 Å². The fourth-order valence-corrected chi connectivity index (χ4v) is 2.24. The van der Waals surface area contributed by atoms with E-state index in [4.69, 9.17) is 14.2 Å². The summed E-state index contributed by atoms with van der Waals surface area (Å²) in [6.07, 6.45) is 0.0897. The Morgan fingerprint density at radius 1 is 1.15 bits per heavy atom. The fraction of sp³-hybridized carbons (Fsp3) is 0.524. The van der Waals surface area contributed by atoms with Crippen molar-refractivity contribution in [2.24, 2.45) is 0 Å². The van der Waals surface area contributed by atoms with Gasteiger partial charge in [-0.05, 0) is 42.2 Å². The molecule has 0 N–H and O–H groups in total. The van der Waals surface area contributed by atoms with Gasteiger partial charge in [0.05, 0.1) is 12.2 Å². The first kappa shape index (κ1) is 23.2. The first-order valence-electron chi connectivity index (χ1n) is 8.98. The number of hydrogen-bond acceptors (Lipinski definition) is 6. The molecule has 1 atom stereocenters. The van der Waals surface area contributed by atoms with Gasteiger partial charge in [0, 0.05) is 12.2 Å². The monoisotopic (exact) mass is 394 g/mol. The molecule has 0 aliphatic heterocycles. The molecule has 0 radical (unpaired) electrons. The Morgan fingerprint density at radius 2 is 1.78 bits per heavy atom. The number of hydrogen-bond donors (Lipinski definition) is 1. The number of carbonyl (C=O) groups is 2. The second-order valence-corrected chi connectivity index (χ2v) is 7.83. The predicted octanol–water partition coefficient (Wildman–Crippen LogP) is 3.97. The Morgan fingerprint density at radius 3 is 2.30 bits per heavy atom. The molecule has 0 aliphatic rings. The molecule has 6 heteroatoms. The zero-order valence-corrected chi connectivity index (χ0v) is 17.5. The summed E-state index contributed by atoms with van der Waals surface area (Å²) in [6, 6.07) is 7.30. The Hall–Kier alpha value is -1.79. The molecule has 0 fully saturated rings. The number of rotatable bonds is 10. The van der Waals surface area contributed by atoms with E-state index in [1.807, 2.05) is 12.1 Å². The fourth-order valence-electron chi connectivity index (χ4n) is 2.12. The molecule has 150 valence electrons. The molecule has 1 aromatic rings. The van der Waals surface area contributed by atoms with Crippen LogP contribution in [0.1, 0.15) is 50.0 Å². The maximum Gasteiger partial charge on any atom is 0.338 e. The second-order valence-electron chi connectivity index (χ2n) is 7.39. The predicted molar refractivity (Wildman–Crippen MR) is 109 cm³/mol. The van der Waals surface area contributed by atoms with Crippen LogP contribution in [0.4, 0.5) is 0 Å². The molecule has 0 amide bonds. The minimum Gasteiger partial charge on any atom is -0.458 e. The zero-order valence-electron chi connectivity index (χ0n) is 16.6. The number of esters is 2. The van der Waals surface area contributed by atoms with Gasteiger partial charge in [-0.2, -0.15) is 12.6 Å². The van der Waals surface area contributed by atoms with Crippen LogP contribution in [0.2, 0.25) is 0 Å². The SMILES string of the molecule is C=C(C)C(=O)OCC(COCCCS)OC(=O)c1ccc(C(C)(C)C)cc1. The highest BCUT2D eigenvalue weighted by Crippen LogP contribution is 2.22. The summed E-state index contributed by atoms with van der Waals surface area (Å²) in [7, 11) is 0. The van der Waals surface area contributed by atoms with Gasteiger partial charge < -0.3 is 14.2 Å². The molecule has 0 saturated carbocycles. The topological polar surface area (TPSA) is 61.8 Å². The Labute approximate surface area is 167 Å². The van der Waals surface area contributed by atoms with Crippen molar-refractivity contribution in [3.05, 3.63) is 47.5 Å². The van der Waals surface area contributed by atoms with Gasteiger partial charge in [0.15, 0.2) is 6.10 Å². The van der Waals surface area contributed by atoms with Crippen LogP contribution in [0.5, 0.6) is 0 Å². The van der Waals surface area contributed by atoms with Gasteiger partial charge in [-0.25, -0.2) is 9.59 Å². The quantitative estimate of drug-likeness (QED) is 0.282. The molecule has 5 nitrogen and oxygen atoms in total. The van der Waals surface area contributed by atoms with Crippen molar-refractivity contribution in [3.8, 4) is 0 Å². The van der Waals surface area contributed by atoms with Crippen molar-refractivity contribution >= 4 is 24.6 Å². The first-order chi connectivity index (χ1) is 12.6. The lowest BCUT2D eigenvalue weighted by molar-refractivity contribution is -0.143. The van der Waals surface area contributed by atoms with Crippen molar-refractivity contribution in [1.82, 2.24) is 0 Å².